The minimum atomic E-state index is -0.129. The van der Waals surface area contributed by atoms with Crippen LogP contribution in [0.25, 0.3) is 0 Å². The molecular formula is C21H30N2O3. The summed E-state index contributed by atoms with van der Waals surface area (Å²) in [4.78, 5) is 28.2. The van der Waals surface area contributed by atoms with E-state index in [-0.39, 0.29) is 23.7 Å². The van der Waals surface area contributed by atoms with Crippen LogP contribution in [-0.2, 0) is 9.53 Å². The van der Waals surface area contributed by atoms with Gasteiger partial charge in [-0.15, -0.1) is 0 Å². The molecule has 0 fully saturated rings. The maximum atomic E-state index is 12.3. The first-order chi connectivity index (χ1) is 12.4. The topological polar surface area (TPSA) is 68.3 Å². The van der Waals surface area contributed by atoms with E-state index in [1.807, 2.05) is 6.92 Å². The van der Waals surface area contributed by atoms with Crippen molar-refractivity contribution in [3.63, 3.8) is 0 Å². The highest BCUT2D eigenvalue weighted by Crippen LogP contribution is 2.38. The number of aromatic nitrogens is 1. The van der Waals surface area contributed by atoms with Crippen LogP contribution >= 0.6 is 0 Å². The van der Waals surface area contributed by atoms with E-state index in [9.17, 15) is 9.59 Å². The summed E-state index contributed by atoms with van der Waals surface area (Å²) < 4.78 is 5.11. The van der Waals surface area contributed by atoms with E-state index in [2.05, 4.69) is 37.1 Å². The normalized spacial score (nSPS) is 22.7. The summed E-state index contributed by atoms with van der Waals surface area (Å²) in [6, 6.07) is 3.52. The molecule has 26 heavy (non-hydrogen) atoms. The van der Waals surface area contributed by atoms with E-state index in [0.29, 0.717) is 37.0 Å². The smallest absolute Gasteiger partial charge is 0.306 e. The van der Waals surface area contributed by atoms with Crippen molar-refractivity contribution in [3.05, 3.63) is 41.7 Å². The highest BCUT2D eigenvalue weighted by molar-refractivity contribution is 5.93. The molecule has 1 heterocycles. The molecule has 0 radical (unpaired) electrons. The van der Waals surface area contributed by atoms with Crippen LogP contribution in [0.4, 0.5) is 0 Å². The summed E-state index contributed by atoms with van der Waals surface area (Å²) in [6.45, 7) is 9.34. The largest absolute Gasteiger partial charge is 0.466 e. The third-order valence-corrected chi connectivity index (χ3v) is 5.22. The predicted octanol–water partition coefficient (Wildman–Crippen LogP) is 3.62. The maximum absolute atomic E-state index is 12.3. The average Bonchev–Trinajstić information content (AvgIpc) is 2.62. The van der Waals surface area contributed by atoms with Gasteiger partial charge < -0.3 is 10.1 Å². The van der Waals surface area contributed by atoms with Gasteiger partial charge in [0.25, 0.3) is 5.91 Å². The van der Waals surface area contributed by atoms with E-state index >= 15 is 0 Å². The molecule has 5 nitrogen and oxygen atoms in total. The van der Waals surface area contributed by atoms with Gasteiger partial charge in [-0.2, -0.15) is 0 Å². The number of nitrogens with zero attached hydrogens (tertiary/aromatic N) is 1. The second-order valence-corrected chi connectivity index (χ2v) is 7.38. The summed E-state index contributed by atoms with van der Waals surface area (Å²) >= 11 is 0. The number of nitrogens with one attached hydrogen (secondary N) is 1. The predicted molar refractivity (Wildman–Crippen MR) is 102 cm³/mol. The van der Waals surface area contributed by atoms with Crippen molar-refractivity contribution in [1.29, 1.82) is 0 Å². The first kappa shape index (κ1) is 20.1. The van der Waals surface area contributed by atoms with Crippen LogP contribution in [0.5, 0.6) is 0 Å². The molecule has 5 heteroatoms. The number of carbonyl (C=O) groups is 2. The van der Waals surface area contributed by atoms with Gasteiger partial charge in [-0.05, 0) is 56.1 Å². The van der Waals surface area contributed by atoms with Gasteiger partial charge >= 0.3 is 5.97 Å². The summed E-state index contributed by atoms with van der Waals surface area (Å²) in [5.74, 6) is 1.17. The fourth-order valence-electron chi connectivity index (χ4n) is 3.74. The highest BCUT2D eigenvalue weighted by Gasteiger charge is 2.32. The second kappa shape index (κ2) is 9.51. The van der Waals surface area contributed by atoms with Gasteiger partial charge in [0.05, 0.1) is 18.6 Å². The van der Waals surface area contributed by atoms with Crippen LogP contribution < -0.4 is 5.32 Å². The van der Waals surface area contributed by atoms with Gasteiger partial charge in [0.2, 0.25) is 0 Å². The van der Waals surface area contributed by atoms with Crippen molar-refractivity contribution in [2.45, 2.75) is 40.5 Å². The molecule has 1 aromatic rings. The second-order valence-electron chi connectivity index (χ2n) is 7.38. The summed E-state index contributed by atoms with van der Waals surface area (Å²) in [7, 11) is 0. The fourth-order valence-corrected chi connectivity index (χ4v) is 3.74. The van der Waals surface area contributed by atoms with Crippen molar-refractivity contribution < 1.29 is 14.3 Å². The van der Waals surface area contributed by atoms with Gasteiger partial charge in [0, 0.05) is 18.9 Å². The van der Waals surface area contributed by atoms with Crippen LogP contribution in [-0.4, -0.2) is 30.0 Å². The van der Waals surface area contributed by atoms with Crippen molar-refractivity contribution in [2.24, 2.45) is 23.7 Å². The monoisotopic (exact) mass is 358 g/mol. The highest BCUT2D eigenvalue weighted by atomic mass is 16.5. The molecule has 0 aromatic carbocycles. The molecule has 0 spiro atoms. The number of hydrogen-bond acceptors (Lipinski definition) is 4. The van der Waals surface area contributed by atoms with Crippen molar-refractivity contribution in [1.82, 2.24) is 10.3 Å². The molecule has 0 aliphatic heterocycles. The Morgan fingerprint density at radius 1 is 1.38 bits per heavy atom. The molecule has 1 aliphatic carbocycles. The zero-order valence-electron chi connectivity index (χ0n) is 16.2. The summed E-state index contributed by atoms with van der Waals surface area (Å²) in [5, 5.41) is 3.03. The number of hydrogen-bond donors (Lipinski definition) is 1. The molecule has 0 unspecified atom stereocenters. The number of ether oxygens (including phenoxy) is 1. The number of amides is 1. The zero-order chi connectivity index (χ0) is 19.1. The lowest BCUT2D eigenvalue weighted by molar-refractivity contribution is -0.144. The molecular weight excluding hydrogens is 328 g/mol. The van der Waals surface area contributed by atoms with E-state index in [4.69, 9.17) is 4.74 Å². The van der Waals surface area contributed by atoms with Gasteiger partial charge in [-0.3, -0.25) is 14.6 Å². The molecule has 3 atom stereocenters. The Balaban J connectivity index is 2.03. The molecule has 142 valence electrons. The Bertz CT molecular complexity index is 640. The number of esters is 1. The van der Waals surface area contributed by atoms with E-state index < -0.39 is 0 Å². The average molecular weight is 358 g/mol. The van der Waals surface area contributed by atoms with Crippen LogP contribution in [0.15, 0.2) is 36.2 Å². The first-order valence-electron chi connectivity index (χ1n) is 9.44. The van der Waals surface area contributed by atoms with Crippen molar-refractivity contribution >= 4 is 11.9 Å². The van der Waals surface area contributed by atoms with E-state index in [1.54, 1.807) is 24.5 Å². The number of pyridine rings is 1. The Morgan fingerprint density at radius 3 is 2.77 bits per heavy atom. The maximum Gasteiger partial charge on any atom is 0.306 e. The number of rotatable bonds is 7. The van der Waals surface area contributed by atoms with Gasteiger partial charge in [-0.1, -0.05) is 25.5 Å². The Labute approximate surface area is 156 Å². The standard InChI is InChI=1S/C21H30N2O3/c1-5-26-20(24)11-17-10-19(14(2)3)18(9-15(17)4)13-23-21(25)16-7-6-8-22-12-16/h6-9,12,14,17-19H,5,10-11,13H2,1-4H3,(H,23,25)/t17-,18-,19-/m0/s1. The third kappa shape index (κ3) is 5.41. The molecule has 1 N–H and O–H groups in total. The number of allylic oxidation sites excluding steroid dienone is 1. The molecule has 0 saturated carbocycles. The quantitative estimate of drug-likeness (QED) is 0.597. The molecule has 1 aromatic heterocycles. The number of carbonyl (C=O) groups excluding carboxylic acids is 2. The fraction of sp³-hybridized carbons (Fsp3) is 0.571. The van der Waals surface area contributed by atoms with Crippen molar-refractivity contribution in [3.8, 4) is 0 Å². The Morgan fingerprint density at radius 2 is 2.15 bits per heavy atom. The lowest BCUT2D eigenvalue weighted by atomic mass is 9.70. The molecule has 1 amide bonds. The lowest BCUT2D eigenvalue weighted by Crippen LogP contribution is -2.37. The summed E-state index contributed by atoms with van der Waals surface area (Å²) in [5.41, 5.74) is 1.79. The van der Waals surface area contributed by atoms with Gasteiger partial charge in [0.15, 0.2) is 0 Å². The first-order valence-corrected chi connectivity index (χ1v) is 9.44. The zero-order valence-corrected chi connectivity index (χ0v) is 16.2. The van der Waals surface area contributed by atoms with Crippen molar-refractivity contribution in [2.75, 3.05) is 13.2 Å². The Kier molecular flexibility index (Phi) is 7.37. The van der Waals surface area contributed by atoms with E-state index in [1.165, 1.54) is 5.57 Å². The third-order valence-electron chi connectivity index (χ3n) is 5.22. The molecule has 2 rings (SSSR count). The lowest BCUT2D eigenvalue weighted by Gasteiger charge is -2.37. The van der Waals surface area contributed by atoms with Gasteiger partial charge in [0.1, 0.15) is 0 Å². The molecule has 1 aliphatic rings. The van der Waals surface area contributed by atoms with Crippen LogP contribution in [0, 0.1) is 23.7 Å². The molecule has 0 bridgehead atoms. The van der Waals surface area contributed by atoms with Crippen LogP contribution in [0.2, 0.25) is 0 Å². The summed E-state index contributed by atoms with van der Waals surface area (Å²) in [6.07, 6.45) is 6.86. The van der Waals surface area contributed by atoms with Crippen LogP contribution in [0.3, 0.4) is 0 Å². The molecule has 0 saturated heterocycles. The van der Waals surface area contributed by atoms with Gasteiger partial charge in [-0.25, -0.2) is 0 Å². The Hall–Kier alpha value is -2.17. The van der Waals surface area contributed by atoms with E-state index in [0.717, 1.165) is 6.42 Å². The minimum Gasteiger partial charge on any atom is -0.466 e. The SMILES string of the molecule is CCOC(=O)C[C@@H]1C[C@@H](C(C)C)[C@H](CNC(=O)c2cccnc2)C=C1C. The van der Waals surface area contributed by atoms with Crippen LogP contribution in [0.1, 0.15) is 50.9 Å². The minimum absolute atomic E-state index is 0.0969.